The molecule has 0 saturated carbocycles. The first kappa shape index (κ1) is 17.0. The van der Waals surface area contributed by atoms with Crippen LogP contribution < -0.4 is 10.5 Å². The Balaban J connectivity index is 1.50. The average molecular weight is 338 g/mol. The molecular formula is C20H22N2O3. The molecule has 1 aliphatic heterocycles. The summed E-state index contributed by atoms with van der Waals surface area (Å²) < 4.78 is 5.60. The van der Waals surface area contributed by atoms with Gasteiger partial charge in [-0.2, -0.15) is 0 Å². The van der Waals surface area contributed by atoms with Crippen LogP contribution in [0.2, 0.25) is 0 Å². The molecule has 2 N–H and O–H groups in total. The number of hydrogen-bond donors (Lipinski definition) is 1. The average Bonchev–Trinajstić information content (AvgIpc) is 2.67. The Hall–Kier alpha value is -2.82. The molecule has 0 radical (unpaired) electrons. The van der Waals surface area contributed by atoms with Gasteiger partial charge in [-0.05, 0) is 36.1 Å². The number of nitrogens with zero attached hydrogens (tertiary/aromatic N) is 1. The van der Waals surface area contributed by atoms with Gasteiger partial charge in [0.25, 0.3) is 5.91 Å². The van der Waals surface area contributed by atoms with Crippen molar-refractivity contribution in [2.24, 2.45) is 11.7 Å². The van der Waals surface area contributed by atoms with Gasteiger partial charge in [0.2, 0.25) is 5.91 Å². The van der Waals surface area contributed by atoms with E-state index in [9.17, 15) is 9.59 Å². The van der Waals surface area contributed by atoms with Crippen molar-refractivity contribution in [1.82, 2.24) is 4.90 Å². The molecule has 3 rings (SSSR count). The molecule has 2 aromatic carbocycles. The van der Waals surface area contributed by atoms with E-state index in [1.165, 1.54) is 0 Å². The van der Waals surface area contributed by atoms with Crippen molar-refractivity contribution in [1.29, 1.82) is 0 Å². The number of primary amides is 1. The van der Waals surface area contributed by atoms with Crippen molar-refractivity contribution in [2.75, 3.05) is 19.7 Å². The normalized spacial score (nSPS) is 15.0. The molecule has 5 heteroatoms. The van der Waals surface area contributed by atoms with Crippen LogP contribution in [0.1, 0.15) is 12.8 Å². The molecule has 0 aromatic heterocycles. The van der Waals surface area contributed by atoms with Crippen LogP contribution in [-0.2, 0) is 9.59 Å². The summed E-state index contributed by atoms with van der Waals surface area (Å²) in [4.78, 5) is 25.1. The van der Waals surface area contributed by atoms with Crippen LogP contribution in [-0.4, -0.2) is 36.4 Å². The van der Waals surface area contributed by atoms with E-state index in [0.717, 1.165) is 11.1 Å². The molecule has 1 fully saturated rings. The van der Waals surface area contributed by atoms with Crippen LogP contribution in [0, 0.1) is 5.92 Å². The molecule has 1 aliphatic rings. The minimum Gasteiger partial charge on any atom is -0.484 e. The summed E-state index contributed by atoms with van der Waals surface area (Å²) in [5.41, 5.74) is 7.56. The second kappa shape index (κ2) is 7.83. The van der Waals surface area contributed by atoms with E-state index in [1.54, 1.807) is 4.90 Å². The fourth-order valence-electron chi connectivity index (χ4n) is 3.02. The summed E-state index contributed by atoms with van der Waals surface area (Å²) in [6, 6.07) is 17.8. The van der Waals surface area contributed by atoms with Crippen molar-refractivity contribution in [3.05, 3.63) is 54.6 Å². The third-order valence-electron chi connectivity index (χ3n) is 4.57. The molecule has 0 atom stereocenters. The first-order valence-electron chi connectivity index (χ1n) is 8.49. The number of ether oxygens (including phenoxy) is 1. The zero-order valence-electron chi connectivity index (χ0n) is 14.1. The van der Waals surface area contributed by atoms with Crippen LogP contribution in [0.25, 0.3) is 11.1 Å². The smallest absolute Gasteiger partial charge is 0.260 e. The van der Waals surface area contributed by atoms with Crippen LogP contribution in [0.4, 0.5) is 0 Å². The Bertz CT molecular complexity index is 720. The third-order valence-corrected chi connectivity index (χ3v) is 4.57. The van der Waals surface area contributed by atoms with E-state index in [0.29, 0.717) is 31.7 Å². The van der Waals surface area contributed by atoms with Crippen LogP contribution in [0.3, 0.4) is 0 Å². The maximum atomic E-state index is 12.2. The summed E-state index contributed by atoms with van der Waals surface area (Å²) in [7, 11) is 0. The van der Waals surface area contributed by atoms with E-state index in [-0.39, 0.29) is 24.3 Å². The quantitative estimate of drug-likeness (QED) is 0.910. The molecule has 0 unspecified atom stereocenters. The lowest BCUT2D eigenvalue weighted by molar-refractivity contribution is -0.136. The van der Waals surface area contributed by atoms with Gasteiger partial charge in [-0.25, -0.2) is 0 Å². The number of hydrogen-bond acceptors (Lipinski definition) is 3. The van der Waals surface area contributed by atoms with Gasteiger partial charge in [-0.15, -0.1) is 0 Å². The molecular weight excluding hydrogens is 316 g/mol. The summed E-state index contributed by atoms with van der Waals surface area (Å²) in [6.07, 6.45) is 1.26. The maximum absolute atomic E-state index is 12.2. The van der Waals surface area contributed by atoms with E-state index in [4.69, 9.17) is 10.5 Å². The van der Waals surface area contributed by atoms with Crippen molar-refractivity contribution in [3.8, 4) is 16.9 Å². The topological polar surface area (TPSA) is 72.6 Å². The van der Waals surface area contributed by atoms with Crippen molar-refractivity contribution in [2.45, 2.75) is 12.8 Å². The second-order valence-electron chi connectivity index (χ2n) is 6.24. The van der Waals surface area contributed by atoms with Gasteiger partial charge in [0, 0.05) is 19.0 Å². The molecule has 2 aromatic rings. The molecule has 5 nitrogen and oxygen atoms in total. The lowest BCUT2D eigenvalue weighted by Crippen LogP contribution is -2.43. The number of piperidine rings is 1. The van der Waals surface area contributed by atoms with Crippen LogP contribution in [0.15, 0.2) is 54.6 Å². The summed E-state index contributed by atoms with van der Waals surface area (Å²) in [5.74, 6) is 0.215. The van der Waals surface area contributed by atoms with Crippen LogP contribution >= 0.6 is 0 Å². The van der Waals surface area contributed by atoms with Gasteiger partial charge in [-0.3, -0.25) is 9.59 Å². The highest BCUT2D eigenvalue weighted by Gasteiger charge is 2.25. The first-order valence-corrected chi connectivity index (χ1v) is 8.49. The zero-order chi connectivity index (χ0) is 17.6. The Morgan fingerprint density at radius 3 is 2.16 bits per heavy atom. The standard InChI is InChI=1S/C20H22N2O3/c21-20(24)17-10-12-22(13-11-17)19(23)14-25-18-8-6-16(7-9-18)15-4-2-1-3-5-15/h1-9,17H,10-14H2,(H2,21,24). The molecule has 0 aliphatic carbocycles. The number of amides is 2. The number of rotatable bonds is 5. The minimum absolute atomic E-state index is 0.00587. The SMILES string of the molecule is NC(=O)C1CCN(C(=O)COc2ccc(-c3ccccc3)cc2)CC1. The lowest BCUT2D eigenvalue weighted by atomic mass is 9.96. The fraction of sp³-hybridized carbons (Fsp3) is 0.300. The largest absolute Gasteiger partial charge is 0.484 e. The summed E-state index contributed by atoms with van der Waals surface area (Å²) in [6.45, 7) is 1.12. The van der Waals surface area contributed by atoms with Gasteiger partial charge in [0.15, 0.2) is 6.61 Å². The highest BCUT2D eigenvalue weighted by molar-refractivity contribution is 5.79. The number of carbonyl (C=O) groups is 2. The van der Waals surface area contributed by atoms with Gasteiger partial charge in [0.05, 0.1) is 0 Å². The summed E-state index contributed by atoms with van der Waals surface area (Å²) >= 11 is 0. The van der Waals surface area contributed by atoms with E-state index in [1.807, 2.05) is 42.5 Å². The maximum Gasteiger partial charge on any atom is 0.260 e. The van der Waals surface area contributed by atoms with Crippen molar-refractivity contribution >= 4 is 11.8 Å². The molecule has 25 heavy (non-hydrogen) atoms. The van der Waals surface area contributed by atoms with E-state index < -0.39 is 0 Å². The monoisotopic (exact) mass is 338 g/mol. The summed E-state index contributed by atoms with van der Waals surface area (Å²) in [5, 5.41) is 0. The molecule has 1 heterocycles. The Kier molecular flexibility index (Phi) is 5.33. The van der Waals surface area contributed by atoms with Crippen molar-refractivity contribution < 1.29 is 14.3 Å². The second-order valence-corrected chi connectivity index (χ2v) is 6.24. The molecule has 2 amide bonds. The van der Waals surface area contributed by atoms with E-state index >= 15 is 0 Å². The Labute approximate surface area is 147 Å². The molecule has 0 spiro atoms. The van der Waals surface area contributed by atoms with Gasteiger partial charge in [-0.1, -0.05) is 42.5 Å². The molecule has 0 bridgehead atoms. The van der Waals surface area contributed by atoms with Gasteiger partial charge >= 0.3 is 0 Å². The van der Waals surface area contributed by atoms with Gasteiger partial charge in [0.1, 0.15) is 5.75 Å². The van der Waals surface area contributed by atoms with E-state index in [2.05, 4.69) is 12.1 Å². The minimum atomic E-state index is -0.276. The number of benzene rings is 2. The fourth-order valence-corrected chi connectivity index (χ4v) is 3.02. The highest BCUT2D eigenvalue weighted by atomic mass is 16.5. The van der Waals surface area contributed by atoms with Crippen LogP contribution in [0.5, 0.6) is 5.75 Å². The number of carbonyl (C=O) groups excluding carboxylic acids is 2. The Morgan fingerprint density at radius 1 is 0.960 bits per heavy atom. The number of likely N-dealkylation sites (tertiary alicyclic amines) is 1. The predicted molar refractivity (Wildman–Crippen MR) is 95.9 cm³/mol. The van der Waals surface area contributed by atoms with Crippen molar-refractivity contribution in [3.63, 3.8) is 0 Å². The Morgan fingerprint density at radius 2 is 1.56 bits per heavy atom. The number of nitrogens with two attached hydrogens (primary N) is 1. The lowest BCUT2D eigenvalue weighted by Gasteiger charge is -2.30. The van der Waals surface area contributed by atoms with Gasteiger partial charge < -0.3 is 15.4 Å². The molecule has 130 valence electrons. The first-order chi connectivity index (χ1) is 12.1. The highest BCUT2D eigenvalue weighted by Crippen LogP contribution is 2.22. The molecule has 1 saturated heterocycles. The zero-order valence-corrected chi connectivity index (χ0v) is 14.1. The third kappa shape index (κ3) is 4.38. The predicted octanol–water partition coefficient (Wildman–Crippen LogP) is 2.46.